The van der Waals surface area contributed by atoms with Gasteiger partial charge >= 0.3 is 5.97 Å². The minimum absolute atomic E-state index is 0.300. The molecule has 1 unspecified atom stereocenters. The predicted octanol–water partition coefficient (Wildman–Crippen LogP) is 1.26. The van der Waals surface area contributed by atoms with Gasteiger partial charge in [0.15, 0.2) is 0 Å². The van der Waals surface area contributed by atoms with Gasteiger partial charge in [-0.05, 0) is 30.5 Å². The van der Waals surface area contributed by atoms with Gasteiger partial charge in [0.1, 0.15) is 6.04 Å². The van der Waals surface area contributed by atoms with E-state index in [-0.39, 0.29) is 0 Å². The van der Waals surface area contributed by atoms with Gasteiger partial charge < -0.3 is 15.7 Å². The van der Waals surface area contributed by atoms with Crippen molar-refractivity contribution < 1.29 is 9.90 Å². The van der Waals surface area contributed by atoms with Crippen LogP contribution in [0.1, 0.15) is 0 Å². The number of carbonyl (C=O) groups is 1. The van der Waals surface area contributed by atoms with Crippen molar-refractivity contribution in [3.63, 3.8) is 0 Å². The SMILES string of the molecule is CSc1ccc(N(C)CC(N)C(=O)O)cc1. The van der Waals surface area contributed by atoms with Crippen molar-refractivity contribution in [3.8, 4) is 0 Å². The van der Waals surface area contributed by atoms with Gasteiger partial charge in [-0.1, -0.05) is 0 Å². The maximum absolute atomic E-state index is 10.6. The lowest BCUT2D eigenvalue weighted by atomic mass is 10.2. The lowest BCUT2D eigenvalue weighted by Gasteiger charge is -2.21. The second-order valence-electron chi connectivity index (χ2n) is 3.52. The van der Waals surface area contributed by atoms with Gasteiger partial charge in [0, 0.05) is 24.2 Å². The molecule has 0 aromatic heterocycles. The van der Waals surface area contributed by atoms with E-state index in [2.05, 4.69) is 0 Å². The highest BCUT2D eigenvalue weighted by Gasteiger charge is 2.14. The molecule has 0 heterocycles. The first-order valence-corrected chi connectivity index (χ1v) is 6.10. The van der Waals surface area contributed by atoms with E-state index in [1.165, 1.54) is 4.90 Å². The van der Waals surface area contributed by atoms with Gasteiger partial charge in [0.05, 0.1) is 0 Å². The first kappa shape index (κ1) is 12.9. The summed E-state index contributed by atoms with van der Waals surface area (Å²) in [5, 5.41) is 8.70. The van der Waals surface area contributed by atoms with E-state index in [4.69, 9.17) is 10.8 Å². The van der Waals surface area contributed by atoms with Crippen molar-refractivity contribution in [1.82, 2.24) is 0 Å². The third kappa shape index (κ3) is 3.43. The van der Waals surface area contributed by atoms with Gasteiger partial charge in [0.25, 0.3) is 0 Å². The van der Waals surface area contributed by atoms with Crippen LogP contribution in [0.2, 0.25) is 0 Å². The third-order valence-corrected chi connectivity index (χ3v) is 3.04. The summed E-state index contributed by atoms with van der Waals surface area (Å²) in [5.74, 6) is -0.979. The molecule has 0 saturated carbocycles. The van der Waals surface area contributed by atoms with Gasteiger partial charge in [0.2, 0.25) is 0 Å². The van der Waals surface area contributed by atoms with E-state index >= 15 is 0 Å². The summed E-state index contributed by atoms with van der Waals surface area (Å²) in [6.45, 7) is 0.300. The summed E-state index contributed by atoms with van der Waals surface area (Å²) in [5.41, 5.74) is 6.43. The molecule has 0 fully saturated rings. The van der Waals surface area contributed by atoms with Crippen LogP contribution in [-0.4, -0.2) is 37.0 Å². The Labute approximate surface area is 99.4 Å². The summed E-state index contributed by atoms with van der Waals surface area (Å²) in [7, 11) is 1.83. The highest BCUT2D eigenvalue weighted by molar-refractivity contribution is 7.98. The molecule has 0 spiro atoms. The number of rotatable bonds is 5. The molecular weight excluding hydrogens is 224 g/mol. The summed E-state index contributed by atoms with van der Waals surface area (Å²) in [6, 6.07) is 7.07. The van der Waals surface area contributed by atoms with Crippen molar-refractivity contribution in [2.45, 2.75) is 10.9 Å². The van der Waals surface area contributed by atoms with E-state index < -0.39 is 12.0 Å². The molecule has 0 radical (unpaired) electrons. The van der Waals surface area contributed by atoms with Gasteiger partial charge in [-0.25, -0.2) is 0 Å². The number of nitrogens with two attached hydrogens (primary N) is 1. The Morgan fingerprint density at radius 1 is 1.50 bits per heavy atom. The summed E-state index contributed by atoms with van der Waals surface area (Å²) in [6.07, 6.45) is 2.01. The Balaban J connectivity index is 2.65. The first-order valence-electron chi connectivity index (χ1n) is 4.88. The van der Waals surface area contributed by atoms with Crippen LogP contribution in [0.15, 0.2) is 29.2 Å². The second kappa shape index (κ2) is 5.77. The largest absolute Gasteiger partial charge is 0.480 e. The molecule has 0 amide bonds. The number of hydrogen-bond acceptors (Lipinski definition) is 4. The number of likely N-dealkylation sites (N-methyl/N-ethyl adjacent to an activating group) is 1. The molecule has 0 aliphatic heterocycles. The molecule has 3 N–H and O–H groups in total. The molecule has 0 saturated heterocycles. The van der Waals surface area contributed by atoms with Crippen LogP contribution in [0.25, 0.3) is 0 Å². The summed E-state index contributed by atoms with van der Waals surface area (Å²) < 4.78 is 0. The minimum atomic E-state index is -0.979. The fraction of sp³-hybridized carbons (Fsp3) is 0.364. The second-order valence-corrected chi connectivity index (χ2v) is 4.40. The molecule has 4 nitrogen and oxygen atoms in total. The fourth-order valence-corrected chi connectivity index (χ4v) is 1.72. The number of hydrogen-bond donors (Lipinski definition) is 2. The van der Waals surface area contributed by atoms with Crippen LogP contribution < -0.4 is 10.6 Å². The molecule has 1 aromatic carbocycles. The van der Waals surface area contributed by atoms with E-state index in [0.29, 0.717) is 6.54 Å². The van der Waals surface area contributed by atoms with Crippen molar-refractivity contribution in [2.75, 3.05) is 24.7 Å². The number of carboxylic acid groups (broad SMARTS) is 1. The monoisotopic (exact) mass is 240 g/mol. The minimum Gasteiger partial charge on any atom is -0.480 e. The predicted molar refractivity (Wildman–Crippen MR) is 67.1 cm³/mol. The topological polar surface area (TPSA) is 66.6 Å². The van der Waals surface area contributed by atoms with Crippen LogP contribution in [0, 0.1) is 0 Å². The molecule has 5 heteroatoms. The zero-order valence-corrected chi connectivity index (χ0v) is 10.2. The number of thioether (sulfide) groups is 1. The first-order chi connectivity index (χ1) is 7.54. The molecule has 0 aliphatic carbocycles. The van der Waals surface area contributed by atoms with Crippen LogP contribution >= 0.6 is 11.8 Å². The average molecular weight is 240 g/mol. The molecule has 1 atom stereocenters. The Bertz CT molecular complexity index is 354. The zero-order valence-electron chi connectivity index (χ0n) is 9.38. The lowest BCUT2D eigenvalue weighted by molar-refractivity contribution is -0.138. The molecule has 0 bridgehead atoms. The number of carboxylic acids is 1. The average Bonchev–Trinajstić information content (AvgIpc) is 2.28. The highest BCUT2D eigenvalue weighted by Crippen LogP contribution is 2.19. The molecular formula is C11H16N2O2S. The Hall–Kier alpha value is -1.20. The van der Waals surface area contributed by atoms with Crippen LogP contribution in [0.5, 0.6) is 0 Å². The van der Waals surface area contributed by atoms with Gasteiger partial charge in [-0.2, -0.15) is 0 Å². The summed E-state index contributed by atoms with van der Waals surface area (Å²) in [4.78, 5) is 13.6. The van der Waals surface area contributed by atoms with Crippen LogP contribution in [0.4, 0.5) is 5.69 Å². The molecule has 1 rings (SSSR count). The standard InChI is InChI=1S/C11H16N2O2S/c1-13(7-10(12)11(14)15)8-3-5-9(16-2)6-4-8/h3-6,10H,7,12H2,1-2H3,(H,14,15). The van der Waals surface area contributed by atoms with E-state index in [1.807, 2.05) is 42.5 Å². The smallest absolute Gasteiger partial charge is 0.322 e. The highest BCUT2D eigenvalue weighted by atomic mass is 32.2. The number of benzene rings is 1. The van der Waals surface area contributed by atoms with Crippen molar-refractivity contribution in [2.24, 2.45) is 5.73 Å². The lowest BCUT2D eigenvalue weighted by Crippen LogP contribution is -2.41. The molecule has 1 aromatic rings. The number of aliphatic carboxylic acids is 1. The fourth-order valence-electron chi connectivity index (χ4n) is 1.32. The maximum atomic E-state index is 10.6. The van der Waals surface area contributed by atoms with Crippen LogP contribution in [-0.2, 0) is 4.79 Å². The number of anilines is 1. The van der Waals surface area contributed by atoms with Crippen molar-refractivity contribution >= 4 is 23.4 Å². The van der Waals surface area contributed by atoms with E-state index in [9.17, 15) is 4.79 Å². The zero-order chi connectivity index (χ0) is 12.1. The Kier molecular flexibility index (Phi) is 4.64. The van der Waals surface area contributed by atoms with Gasteiger partial charge in [-0.3, -0.25) is 4.79 Å². The van der Waals surface area contributed by atoms with Gasteiger partial charge in [-0.15, -0.1) is 11.8 Å². The maximum Gasteiger partial charge on any atom is 0.322 e. The normalized spacial score (nSPS) is 12.2. The van der Waals surface area contributed by atoms with Crippen molar-refractivity contribution in [3.05, 3.63) is 24.3 Å². The quantitative estimate of drug-likeness (QED) is 0.758. The summed E-state index contributed by atoms with van der Waals surface area (Å²) >= 11 is 1.67. The molecule has 88 valence electrons. The van der Waals surface area contributed by atoms with Crippen molar-refractivity contribution in [1.29, 1.82) is 0 Å². The molecule has 0 aliphatic rings. The van der Waals surface area contributed by atoms with E-state index in [1.54, 1.807) is 11.8 Å². The third-order valence-electron chi connectivity index (χ3n) is 2.30. The number of nitrogens with zero attached hydrogens (tertiary/aromatic N) is 1. The van der Waals surface area contributed by atoms with E-state index in [0.717, 1.165) is 5.69 Å². The van der Waals surface area contributed by atoms with Crippen LogP contribution in [0.3, 0.4) is 0 Å². The molecule has 16 heavy (non-hydrogen) atoms. The Morgan fingerprint density at radius 3 is 2.50 bits per heavy atom. The Morgan fingerprint density at radius 2 is 2.06 bits per heavy atom.